The zero-order chi connectivity index (χ0) is 18.8. The van der Waals surface area contributed by atoms with E-state index in [1.807, 2.05) is 0 Å². The smallest absolute Gasteiger partial charge is 0.253 e. The summed E-state index contributed by atoms with van der Waals surface area (Å²) in [5.74, 6) is -0.142. The average Bonchev–Trinajstić information content (AvgIpc) is 2.57. The van der Waals surface area contributed by atoms with E-state index < -0.39 is 10.0 Å². The number of rotatable bonds is 5. The summed E-state index contributed by atoms with van der Waals surface area (Å²) in [6.07, 6.45) is 0.746. The van der Waals surface area contributed by atoms with E-state index in [1.54, 1.807) is 36.9 Å². The summed E-state index contributed by atoms with van der Waals surface area (Å²) in [6.45, 7) is 9.67. The van der Waals surface area contributed by atoms with Crippen LogP contribution in [-0.2, 0) is 10.0 Å². The third-order valence-electron chi connectivity index (χ3n) is 5.02. The Hall–Kier alpha value is -1.15. The SMILES string of the molecule is CCN(CC)S(=O)(=O)c1cccc(C(=O)N2CCC(N)C(C)(C)C2)c1.Cl. The summed E-state index contributed by atoms with van der Waals surface area (Å²) in [5, 5.41) is 0. The lowest BCUT2D eigenvalue weighted by atomic mass is 9.79. The van der Waals surface area contributed by atoms with Crippen LogP contribution in [-0.4, -0.2) is 55.8 Å². The summed E-state index contributed by atoms with van der Waals surface area (Å²) < 4.78 is 26.7. The Morgan fingerprint density at radius 3 is 2.46 bits per heavy atom. The van der Waals surface area contributed by atoms with Crippen molar-refractivity contribution in [2.75, 3.05) is 26.2 Å². The van der Waals surface area contributed by atoms with Gasteiger partial charge in [0.15, 0.2) is 0 Å². The number of nitrogens with zero attached hydrogens (tertiary/aromatic N) is 2. The monoisotopic (exact) mass is 403 g/mol. The van der Waals surface area contributed by atoms with Gasteiger partial charge >= 0.3 is 0 Å². The normalized spacial score (nSPS) is 19.9. The lowest BCUT2D eigenvalue weighted by Gasteiger charge is -2.42. The van der Waals surface area contributed by atoms with Crippen LogP contribution >= 0.6 is 12.4 Å². The van der Waals surface area contributed by atoms with E-state index in [-0.39, 0.29) is 34.7 Å². The third-order valence-corrected chi connectivity index (χ3v) is 7.07. The van der Waals surface area contributed by atoms with Crippen LogP contribution in [0.1, 0.15) is 44.5 Å². The number of sulfonamides is 1. The topological polar surface area (TPSA) is 83.7 Å². The molecule has 1 amide bonds. The second-order valence-electron chi connectivity index (χ2n) is 7.23. The van der Waals surface area contributed by atoms with Gasteiger partial charge in [-0.25, -0.2) is 8.42 Å². The summed E-state index contributed by atoms with van der Waals surface area (Å²) >= 11 is 0. The minimum Gasteiger partial charge on any atom is -0.338 e. The fourth-order valence-corrected chi connectivity index (χ4v) is 4.74. The molecule has 0 spiro atoms. The molecular formula is C18H30ClN3O3S. The standard InChI is InChI=1S/C18H29N3O3S.ClH/c1-5-21(6-2)25(23,24)15-9-7-8-14(12-15)17(22)20-11-10-16(19)18(3,4)13-20;/h7-9,12,16H,5-6,10-11,13,19H2,1-4H3;1H. The zero-order valence-electron chi connectivity index (χ0n) is 15.9. The number of likely N-dealkylation sites (tertiary alicyclic amines) is 1. The van der Waals surface area contributed by atoms with Crippen molar-refractivity contribution in [2.45, 2.75) is 45.1 Å². The third kappa shape index (κ3) is 4.57. The van der Waals surface area contributed by atoms with Gasteiger partial charge in [-0.15, -0.1) is 12.4 Å². The van der Waals surface area contributed by atoms with Crippen molar-refractivity contribution in [1.29, 1.82) is 0 Å². The first-order valence-corrected chi connectivity index (χ1v) is 10.2. The first kappa shape index (κ1) is 22.9. The van der Waals surface area contributed by atoms with Gasteiger partial charge in [0.1, 0.15) is 0 Å². The lowest BCUT2D eigenvalue weighted by Crippen LogP contribution is -2.54. The Kier molecular flexibility index (Phi) is 7.65. The first-order chi connectivity index (χ1) is 11.6. The highest BCUT2D eigenvalue weighted by Gasteiger charge is 2.35. The number of hydrogen-bond donors (Lipinski definition) is 1. The van der Waals surface area contributed by atoms with Gasteiger partial charge in [0, 0.05) is 37.8 Å². The molecular weight excluding hydrogens is 374 g/mol. The van der Waals surface area contributed by atoms with E-state index in [0.717, 1.165) is 6.42 Å². The highest BCUT2D eigenvalue weighted by Crippen LogP contribution is 2.29. The maximum absolute atomic E-state index is 12.9. The Labute approximate surface area is 163 Å². The van der Waals surface area contributed by atoms with Crippen molar-refractivity contribution >= 4 is 28.3 Å². The second kappa shape index (κ2) is 8.69. The minimum atomic E-state index is -3.58. The van der Waals surface area contributed by atoms with E-state index in [9.17, 15) is 13.2 Å². The maximum atomic E-state index is 12.9. The van der Waals surface area contributed by atoms with Crippen molar-refractivity contribution in [3.8, 4) is 0 Å². The fraction of sp³-hybridized carbons (Fsp3) is 0.611. The lowest BCUT2D eigenvalue weighted by molar-refractivity contribution is 0.0533. The molecule has 1 heterocycles. The number of piperidine rings is 1. The fourth-order valence-electron chi connectivity index (χ4n) is 3.23. The Morgan fingerprint density at radius 2 is 1.92 bits per heavy atom. The van der Waals surface area contributed by atoms with Gasteiger partial charge in [-0.3, -0.25) is 4.79 Å². The van der Waals surface area contributed by atoms with Gasteiger partial charge in [0.05, 0.1) is 4.90 Å². The summed E-state index contributed by atoms with van der Waals surface area (Å²) in [5.41, 5.74) is 6.38. The molecule has 26 heavy (non-hydrogen) atoms. The highest BCUT2D eigenvalue weighted by atomic mass is 35.5. The molecule has 2 N–H and O–H groups in total. The average molecular weight is 404 g/mol. The van der Waals surface area contributed by atoms with Crippen LogP contribution in [0.5, 0.6) is 0 Å². The number of hydrogen-bond acceptors (Lipinski definition) is 4. The Bertz CT molecular complexity index is 733. The van der Waals surface area contributed by atoms with Crippen LogP contribution < -0.4 is 5.73 Å². The van der Waals surface area contributed by atoms with Crippen LogP contribution in [0.15, 0.2) is 29.2 Å². The van der Waals surface area contributed by atoms with Crippen molar-refractivity contribution in [3.63, 3.8) is 0 Å². The van der Waals surface area contributed by atoms with Crippen molar-refractivity contribution in [2.24, 2.45) is 11.1 Å². The van der Waals surface area contributed by atoms with Gasteiger partial charge in [-0.2, -0.15) is 4.31 Å². The van der Waals surface area contributed by atoms with Crippen molar-refractivity contribution in [3.05, 3.63) is 29.8 Å². The van der Waals surface area contributed by atoms with E-state index in [4.69, 9.17) is 5.73 Å². The van der Waals surface area contributed by atoms with E-state index in [1.165, 1.54) is 10.4 Å². The van der Waals surface area contributed by atoms with Crippen LogP contribution in [0.2, 0.25) is 0 Å². The molecule has 6 nitrogen and oxygen atoms in total. The van der Waals surface area contributed by atoms with E-state index >= 15 is 0 Å². The van der Waals surface area contributed by atoms with Gasteiger partial charge in [-0.1, -0.05) is 33.8 Å². The van der Waals surface area contributed by atoms with Crippen molar-refractivity contribution < 1.29 is 13.2 Å². The Morgan fingerprint density at radius 1 is 1.31 bits per heavy atom. The van der Waals surface area contributed by atoms with E-state index in [0.29, 0.717) is 31.7 Å². The molecule has 0 aliphatic carbocycles. The van der Waals surface area contributed by atoms with Crippen LogP contribution in [0.3, 0.4) is 0 Å². The number of carbonyl (C=O) groups is 1. The number of benzene rings is 1. The highest BCUT2D eigenvalue weighted by molar-refractivity contribution is 7.89. The summed E-state index contributed by atoms with van der Waals surface area (Å²) in [7, 11) is -3.58. The molecule has 148 valence electrons. The number of halogens is 1. The number of carbonyl (C=O) groups excluding carboxylic acids is 1. The van der Waals surface area contributed by atoms with Crippen LogP contribution in [0.25, 0.3) is 0 Å². The van der Waals surface area contributed by atoms with Gasteiger partial charge in [0.25, 0.3) is 5.91 Å². The van der Waals surface area contributed by atoms with E-state index in [2.05, 4.69) is 13.8 Å². The molecule has 1 aliphatic rings. The molecule has 1 atom stereocenters. The minimum absolute atomic E-state index is 0. The molecule has 1 unspecified atom stereocenters. The summed E-state index contributed by atoms with van der Waals surface area (Å²) in [4.78, 5) is 14.8. The predicted molar refractivity (Wildman–Crippen MR) is 106 cm³/mol. The molecule has 1 aromatic carbocycles. The summed E-state index contributed by atoms with van der Waals surface area (Å²) in [6, 6.07) is 6.39. The van der Waals surface area contributed by atoms with Crippen LogP contribution in [0, 0.1) is 5.41 Å². The molecule has 0 radical (unpaired) electrons. The number of nitrogens with two attached hydrogens (primary N) is 1. The largest absolute Gasteiger partial charge is 0.338 e. The molecule has 0 saturated carbocycles. The molecule has 1 fully saturated rings. The molecule has 2 rings (SSSR count). The van der Waals surface area contributed by atoms with Crippen LogP contribution in [0.4, 0.5) is 0 Å². The molecule has 1 saturated heterocycles. The molecule has 1 aromatic rings. The van der Waals surface area contributed by atoms with Gasteiger partial charge in [-0.05, 0) is 30.0 Å². The second-order valence-corrected chi connectivity index (χ2v) is 9.17. The molecule has 8 heteroatoms. The zero-order valence-corrected chi connectivity index (χ0v) is 17.6. The Balaban J connectivity index is 0.00000338. The van der Waals surface area contributed by atoms with Gasteiger partial charge < -0.3 is 10.6 Å². The molecule has 0 aromatic heterocycles. The van der Waals surface area contributed by atoms with Gasteiger partial charge in [0.2, 0.25) is 10.0 Å². The molecule has 0 bridgehead atoms. The predicted octanol–water partition coefficient (Wildman–Crippen LogP) is 2.34. The van der Waals surface area contributed by atoms with Crippen molar-refractivity contribution in [1.82, 2.24) is 9.21 Å². The quantitative estimate of drug-likeness (QED) is 0.817. The molecule has 1 aliphatic heterocycles. The first-order valence-electron chi connectivity index (χ1n) is 8.78. The maximum Gasteiger partial charge on any atom is 0.253 e. The number of amides is 1.